The van der Waals surface area contributed by atoms with Crippen LogP contribution >= 0.6 is 37.9 Å². The molecular formula is C27H30O6S3Sb. The van der Waals surface area contributed by atoms with Gasteiger partial charge in [-0.1, -0.05) is 54.6 Å². The Kier molecular flexibility index (Phi) is 21.8. The molecule has 3 aromatic carbocycles. The summed E-state index contributed by atoms with van der Waals surface area (Å²) in [5.74, 6) is 2.60. The molecule has 0 spiro atoms. The number of thiol groups is 3. The van der Waals surface area contributed by atoms with E-state index in [1.807, 2.05) is 54.6 Å². The zero-order chi connectivity index (χ0) is 26.4. The van der Waals surface area contributed by atoms with Crippen molar-refractivity contribution < 1.29 is 28.6 Å². The van der Waals surface area contributed by atoms with E-state index in [-0.39, 0.29) is 42.3 Å². The van der Waals surface area contributed by atoms with Gasteiger partial charge in [-0.25, -0.2) is 0 Å². The van der Waals surface area contributed by atoms with Crippen molar-refractivity contribution in [3.8, 4) is 17.2 Å². The van der Waals surface area contributed by atoms with Crippen molar-refractivity contribution in [3.63, 3.8) is 0 Å². The van der Waals surface area contributed by atoms with E-state index in [2.05, 4.69) is 37.9 Å². The van der Waals surface area contributed by atoms with Crippen molar-refractivity contribution >= 4 is 80.2 Å². The number of benzene rings is 3. The van der Waals surface area contributed by atoms with E-state index in [4.69, 9.17) is 14.2 Å². The molecule has 0 fully saturated rings. The van der Waals surface area contributed by atoms with Gasteiger partial charge in [0, 0.05) is 41.7 Å². The molecule has 0 N–H and O–H groups in total. The van der Waals surface area contributed by atoms with E-state index in [1.54, 1.807) is 36.4 Å². The standard InChI is InChI=1S/3C9H10O2S.Sb/c3*10-9(6-7-12)11-8-4-2-1-3-5-8;/h3*1-5,12H,6-7H2;. The van der Waals surface area contributed by atoms with Crippen LogP contribution in [0, 0.1) is 0 Å². The first kappa shape index (κ1) is 34.9. The number of hydrogen-bond donors (Lipinski definition) is 3. The minimum Gasteiger partial charge on any atom is -0.427 e. The molecule has 0 heterocycles. The number of carbonyl (C=O) groups is 3. The van der Waals surface area contributed by atoms with Crippen molar-refractivity contribution in [2.75, 3.05) is 17.3 Å². The second-order valence-corrected chi connectivity index (χ2v) is 8.12. The van der Waals surface area contributed by atoms with Crippen LogP contribution in [0.2, 0.25) is 0 Å². The van der Waals surface area contributed by atoms with Crippen molar-refractivity contribution in [3.05, 3.63) is 91.0 Å². The van der Waals surface area contributed by atoms with Gasteiger partial charge in [-0.2, -0.15) is 37.9 Å². The van der Waals surface area contributed by atoms with Crippen molar-refractivity contribution in [1.82, 2.24) is 0 Å². The molecule has 10 heteroatoms. The number of esters is 3. The van der Waals surface area contributed by atoms with E-state index in [0.717, 1.165) is 0 Å². The Morgan fingerprint density at radius 1 is 0.459 bits per heavy atom. The second-order valence-electron chi connectivity index (χ2n) is 6.78. The van der Waals surface area contributed by atoms with E-state index in [0.29, 0.717) is 53.8 Å². The van der Waals surface area contributed by atoms with Gasteiger partial charge in [-0.15, -0.1) is 0 Å². The van der Waals surface area contributed by atoms with Crippen LogP contribution in [0.3, 0.4) is 0 Å². The van der Waals surface area contributed by atoms with Crippen LogP contribution in [-0.4, -0.2) is 59.6 Å². The predicted molar refractivity (Wildman–Crippen MR) is 157 cm³/mol. The van der Waals surface area contributed by atoms with Crippen LogP contribution < -0.4 is 14.2 Å². The third-order valence-corrected chi connectivity index (χ3v) is 4.54. The van der Waals surface area contributed by atoms with Gasteiger partial charge in [-0.3, -0.25) is 14.4 Å². The van der Waals surface area contributed by atoms with E-state index < -0.39 is 0 Å². The van der Waals surface area contributed by atoms with Gasteiger partial charge < -0.3 is 14.2 Å². The average molecular weight is 668 g/mol. The molecule has 0 aliphatic carbocycles. The van der Waals surface area contributed by atoms with Crippen LogP contribution in [0.1, 0.15) is 19.3 Å². The summed E-state index contributed by atoms with van der Waals surface area (Å²) in [6.45, 7) is 0. The third kappa shape index (κ3) is 18.8. The largest absolute Gasteiger partial charge is 0.427 e. The van der Waals surface area contributed by atoms with Gasteiger partial charge >= 0.3 is 17.9 Å². The van der Waals surface area contributed by atoms with Gasteiger partial charge in [0.2, 0.25) is 0 Å². The van der Waals surface area contributed by atoms with Gasteiger partial charge in [0.25, 0.3) is 0 Å². The monoisotopic (exact) mass is 667 g/mol. The van der Waals surface area contributed by atoms with Crippen LogP contribution in [0.5, 0.6) is 17.2 Å². The molecule has 6 nitrogen and oxygen atoms in total. The average Bonchev–Trinajstić information content (AvgIpc) is 2.87. The molecule has 0 amide bonds. The smallest absolute Gasteiger partial charge is 0.312 e. The summed E-state index contributed by atoms with van der Waals surface area (Å²) >= 11 is 11.8. The first-order valence-corrected chi connectivity index (χ1v) is 13.0. The Labute approximate surface area is 252 Å². The summed E-state index contributed by atoms with van der Waals surface area (Å²) in [4.78, 5) is 32.8. The quantitative estimate of drug-likeness (QED) is 0.124. The van der Waals surface area contributed by atoms with Crippen LogP contribution in [0.4, 0.5) is 0 Å². The molecule has 0 saturated heterocycles. The summed E-state index contributed by atoms with van der Waals surface area (Å²) in [5, 5.41) is 0. The van der Waals surface area contributed by atoms with E-state index >= 15 is 0 Å². The van der Waals surface area contributed by atoms with Crippen molar-refractivity contribution in [1.29, 1.82) is 0 Å². The van der Waals surface area contributed by atoms with Gasteiger partial charge in [-0.05, 0) is 36.4 Å². The first-order chi connectivity index (χ1) is 17.5. The summed E-state index contributed by atoms with van der Waals surface area (Å²) < 4.78 is 14.9. The maximum absolute atomic E-state index is 10.9. The topological polar surface area (TPSA) is 78.9 Å². The van der Waals surface area contributed by atoms with Crippen molar-refractivity contribution in [2.45, 2.75) is 19.3 Å². The minimum atomic E-state index is -0.240. The van der Waals surface area contributed by atoms with E-state index in [1.165, 1.54) is 0 Å². The fraction of sp³-hybridized carbons (Fsp3) is 0.222. The first-order valence-electron chi connectivity index (χ1n) is 11.1. The Morgan fingerprint density at radius 3 is 0.865 bits per heavy atom. The molecule has 0 bridgehead atoms. The molecule has 0 aromatic heterocycles. The number of para-hydroxylation sites is 3. The summed E-state index contributed by atoms with van der Waals surface area (Å²) in [5.41, 5.74) is 0. The Morgan fingerprint density at radius 2 is 0.676 bits per heavy atom. The molecular weight excluding hydrogens is 638 g/mol. The molecule has 37 heavy (non-hydrogen) atoms. The number of hydrogen-bond acceptors (Lipinski definition) is 9. The maximum Gasteiger partial charge on any atom is 0.312 e. The molecule has 3 aromatic rings. The second kappa shape index (κ2) is 23.1. The fourth-order valence-corrected chi connectivity index (χ4v) is 2.83. The summed E-state index contributed by atoms with van der Waals surface area (Å²) in [7, 11) is 0. The maximum atomic E-state index is 10.9. The van der Waals surface area contributed by atoms with Crippen LogP contribution in [0.25, 0.3) is 0 Å². The molecule has 3 radical (unpaired) electrons. The number of carbonyl (C=O) groups excluding carboxylic acids is 3. The molecule has 0 aliphatic heterocycles. The third-order valence-electron chi connectivity index (χ3n) is 3.87. The zero-order valence-electron chi connectivity index (χ0n) is 20.1. The Hall–Kier alpha value is -2.06. The van der Waals surface area contributed by atoms with E-state index in [9.17, 15) is 14.4 Å². The van der Waals surface area contributed by atoms with Crippen LogP contribution in [-0.2, 0) is 14.4 Å². The Balaban J connectivity index is 0.000000518. The zero-order valence-corrected chi connectivity index (χ0v) is 25.4. The Bertz CT molecular complexity index is 876. The number of ether oxygens (including phenoxy) is 3. The van der Waals surface area contributed by atoms with Gasteiger partial charge in [0.1, 0.15) is 17.2 Å². The summed E-state index contributed by atoms with van der Waals surface area (Å²) in [6, 6.07) is 27.0. The number of rotatable bonds is 9. The summed E-state index contributed by atoms with van der Waals surface area (Å²) in [6.07, 6.45) is 1.04. The van der Waals surface area contributed by atoms with Crippen molar-refractivity contribution in [2.24, 2.45) is 0 Å². The van der Waals surface area contributed by atoms with Crippen LogP contribution in [0.15, 0.2) is 91.0 Å². The van der Waals surface area contributed by atoms with Gasteiger partial charge in [0.05, 0.1) is 19.3 Å². The van der Waals surface area contributed by atoms with Gasteiger partial charge in [0.15, 0.2) is 0 Å². The molecule has 3 rings (SSSR count). The normalized spacial score (nSPS) is 9.16. The molecule has 0 atom stereocenters. The SMILES string of the molecule is O=C(CCS)Oc1ccccc1.O=C(CCS)Oc1ccccc1.O=C(CCS)Oc1ccccc1.[Sb]. The minimum absolute atomic E-state index is 0. The predicted octanol–water partition coefficient (Wildman–Crippen LogP) is 5.35. The molecule has 0 aliphatic rings. The molecule has 0 saturated carbocycles. The molecule has 0 unspecified atom stereocenters. The fourth-order valence-electron chi connectivity index (χ4n) is 2.29. The molecule has 197 valence electrons.